The monoisotopic (exact) mass is 320 g/mol. The lowest BCUT2D eigenvalue weighted by atomic mass is 10.1. The van der Waals surface area contributed by atoms with Gasteiger partial charge in [0, 0.05) is 5.75 Å². The van der Waals surface area contributed by atoms with Gasteiger partial charge >= 0.3 is 0 Å². The van der Waals surface area contributed by atoms with Crippen molar-refractivity contribution >= 4 is 45.8 Å². The van der Waals surface area contributed by atoms with E-state index in [0.29, 0.717) is 17.6 Å². The van der Waals surface area contributed by atoms with Gasteiger partial charge in [0.05, 0.1) is 21.8 Å². The summed E-state index contributed by atoms with van der Waals surface area (Å²) in [5, 5.41) is 4.41. The fraction of sp³-hybridized carbons (Fsp3) is 0.462. The summed E-state index contributed by atoms with van der Waals surface area (Å²) >= 11 is 13.6. The third-order valence-corrected chi connectivity index (χ3v) is 4.32. The number of nitrogens with zero attached hydrogens (tertiary/aromatic N) is 1. The Morgan fingerprint density at radius 3 is 2.63 bits per heavy atom. The molecule has 1 atom stereocenters. The maximum atomic E-state index is 13.1. The predicted octanol–water partition coefficient (Wildman–Crippen LogP) is 5.06. The Balaban J connectivity index is 2.10. The van der Waals surface area contributed by atoms with E-state index in [2.05, 4.69) is 24.2 Å². The number of thioether (sulfide) groups is 1. The molecule has 1 aromatic rings. The van der Waals surface area contributed by atoms with E-state index < -0.39 is 5.82 Å². The second-order valence-electron chi connectivity index (χ2n) is 4.90. The molecule has 104 valence electrons. The van der Waals surface area contributed by atoms with Crippen molar-refractivity contribution in [3.8, 4) is 0 Å². The molecule has 1 unspecified atom stereocenters. The van der Waals surface area contributed by atoms with E-state index in [0.717, 1.165) is 17.3 Å². The average molecular weight is 321 g/mol. The lowest BCUT2D eigenvalue weighted by Gasteiger charge is -2.09. The van der Waals surface area contributed by atoms with E-state index in [-0.39, 0.29) is 10.0 Å². The van der Waals surface area contributed by atoms with Crippen LogP contribution >= 0.6 is 35.0 Å². The minimum Gasteiger partial charge on any atom is -0.333 e. The zero-order valence-electron chi connectivity index (χ0n) is 10.7. The summed E-state index contributed by atoms with van der Waals surface area (Å²) < 4.78 is 13.1. The Morgan fingerprint density at radius 2 is 2.05 bits per heavy atom. The van der Waals surface area contributed by atoms with Gasteiger partial charge in [0.2, 0.25) is 0 Å². The highest BCUT2D eigenvalue weighted by Crippen LogP contribution is 2.33. The topological polar surface area (TPSA) is 24.4 Å². The summed E-state index contributed by atoms with van der Waals surface area (Å²) in [5.41, 5.74) is 0.515. The van der Waals surface area contributed by atoms with Crippen molar-refractivity contribution in [2.75, 3.05) is 11.1 Å². The van der Waals surface area contributed by atoms with Crippen molar-refractivity contribution in [3.63, 3.8) is 0 Å². The van der Waals surface area contributed by atoms with Gasteiger partial charge in [-0.3, -0.25) is 4.99 Å². The molecular weight excluding hydrogens is 306 g/mol. The van der Waals surface area contributed by atoms with Crippen LogP contribution in [0, 0.1) is 11.7 Å². The number of rotatable bonds is 3. The SMILES string of the molecule is CC(C)CC1CSC(Nc2c(Cl)cc(F)cc2Cl)=N1. The average Bonchev–Trinajstić information content (AvgIpc) is 2.70. The Labute approximate surface area is 126 Å². The van der Waals surface area contributed by atoms with Gasteiger partial charge in [-0.25, -0.2) is 4.39 Å². The van der Waals surface area contributed by atoms with E-state index >= 15 is 0 Å². The third kappa shape index (κ3) is 4.01. The minimum atomic E-state index is -0.445. The van der Waals surface area contributed by atoms with E-state index in [4.69, 9.17) is 23.2 Å². The molecule has 0 aromatic heterocycles. The highest BCUT2D eigenvalue weighted by atomic mass is 35.5. The van der Waals surface area contributed by atoms with Crippen LogP contribution in [-0.2, 0) is 0 Å². The van der Waals surface area contributed by atoms with Crippen LogP contribution in [0.15, 0.2) is 17.1 Å². The smallest absolute Gasteiger partial charge is 0.161 e. The molecule has 0 bridgehead atoms. The van der Waals surface area contributed by atoms with Gasteiger partial charge in [0.15, 0.2) is 5.17 Å². The largest absolute Gasteiger partial charge is 0.333 e. The van der Waals surface area contributed by atoms with Crippen LogP contribution in [-0.4, -0.2) is 17.0 Å². The molecule has 1 heterocycles. The van der Waals surface area contributed by atoms with Crippen LogP contribution in [0.3, 0.4) is 0 Å². The highest BCUT2D eigenvalue weighted by Gasteiger charge is 2.20. The number of aliphatic imine (C=N–C) groups is 1. The van der Waals surface area contributed by atoms with Crippen LogP contribution in [0.5, 0.6) is 0 Å². The number of halogens is 3. The van der Waals surface area contributed by atoms with Crippen molar-refractivity contribution in [2.24, 2.45) is 10.9 Å². The van der Waals surface area contributed by atoms with Gasteiger partial charge in [-0.15, -0.1) is 0 Å². The van der Waals surface area contributed by atoms with Crippen LogP contribution in [0.2, 0.25) is 10.0 Å². The van der Waals surface area contributed by atoms with Crippen molar-refractivity contribution < 1.29 is 4.39 Å². The second kappa shape index (κ2) is 6.33. The Hall–Kier alpha value is -0.450. The third-order valence-electron chi connectivity index (χ3n) is 2.69. The number of hydrogen-bond donors (Lipinski definition) is 1. The van der Waals surface area contributed by atoms with Gasteiger partial charge in [0.25, 0.3) is 0 Å². The fourth-order valence-corrected chi connectivity index (χ4v) is 3.43. The molecule has 6 heteroatoms. The first-order valence-corrected chi connectivity index (χ1v) is 7.82. The summed E-state index contributed by atoms with van der Waals surface area (Å²) in [4.78, 5) is 4.59. The molecule has 0 spiro atoms. The first-order valence-electron chi connectivity index (χ1n) is 6.08. The molecule has 1 N–H and O–H groups in total. The van der Waals surface area contributed by atoms with E-state index in [1.807, 2.05) is 0 Å². The van der Waals surface area contributed by atoms with Crippen molar-refractivity contribution in [1.82, 2.24) is 0 Å². The molecular formula is C13H15Cl2FN2S. The van der Waals surface area contributed by atoms with Crippen LogP contribution < -0.4 is 5.32 Å². The zero-order valence-corrected chi connectivity index (χ0v) is 13.0. The molecule has 0 saturated heterocycles. The Morgan fingerprint density at radius 1 is 1.42 bits per heavy atom. The summed E-state index contributed by atoms with van der Waals surface area (Å²) in [6.07, 6.45) is 1.06. The van der Waals surface area contributed by atoms with Gasteiger partial charge in [-0.2, -0.15) is 0 Å². The van der Waals surface area contributed by atoms with Gasteiger partial charge in [-0.05, 0) is 24.5 Å². The first kappa shape index (κ1) is 14.9. The Kier molecular flexibility index (Phi) is 4.98. The normalized spacial score (nSPS) is 18.8. The zero-order chi connectivity index (χ0) is 14.0. The van der Waals surface area contributed by atoms with Crippen molar-refractivity contribution in [2.45, 2.75) is 26.3 Å². The Bertz CT molecular complexity index is 482. The van der Waals surface area contributed by atoms with Crippen molar-refractivity contribution in [3.05, 3.63) is 28.0 Å². The number of benzene rings is 1. The number of anilines is 1. The predicted molar refractivity (Wildman–Crippen MR) is 83.2 cm³/mol. The second-order valence-corrected chi connectivity index (χ2v) is 6.72. The summed E-state index contributed by atoms with van der Waals surface area (Å²) in [7, 11) is 0. The molecule has 2 nitrogen and oxygen atoms in total. The number of nitrogens with one attached hydrogen (secondary N) is 1. The molecule has 0 radical (unpaired) electrons. The molecule has 1 aliphatic rings. The fourth-order valence-electron chi connectivity index (χ4n) is 1.92. The molecule has 0 aliphatic carbocycles. The summed E-state index contributed by atoms with van der Waals surface area (Å²) in [6.45, 7) is 4.36. The lowest BCUT2D eigenvalue weighted by molar-refractivity contribution is 0.529. The summed E-state index contributed by atoms with van der Waals surface area (Å²) in [6, 6.07) is 2.80. The molecule has 1 aliphatic heterocycles. The van der Waals surface area contributed by atoms with E-state index in [1.54, 1.807) is 11.8 Å². The quantitative estimate of drug-likeness (QED) is 0.841. The minimum absolute atomic E-state index is 0.264. The van der Waals surface area contributed by atoms with Gasteiger partial charge < -0.3 is 5.32 Å². The molecule has 1 aromatic carbocycles. The number of amidine groups is 1. The summed E-state index contributed by atoms with van der Waals surface area (Å²) in [5.74, 6) is 1.13. The van der Waals surface area contributed by atoms with Crippen LogP contribution in [0.1, 0.15) is 20.3 Å². The lowest BCUT2D eigenvalue weighted by Crippen LogP contribution is -2.08. The maximum Gasteiger partial charge on any atom is 0.161 e. The molecule has 2 rings (SSSR count). The van der Waals surface area contributed by atoms with Crippen molar-refractivity contribution in [1.29, 1.82) is 0 Å². The van der Waals surface area contributed by atoms with Gasteiger partial charge in [-0.1, -0.05) is 48.8 Å². The van der Waals surface area contributed by atoms with E-state index in [9.17, 15) is 4.39 Å². The molecule has 0 amide bonds. The first-order chi connectivity index (χ1) is 8.95. The van der Waals surface area contributed by atoms with Crippen LogP contribution in [0.25, 0.3) is 0 Å². The number of hydrogen-bond acceptors (Lipinski definition) is 3. The van der Waals surface area contributed by atoms with Crippen LogP contribution in [0.4, 0.5) is 10.1 Å². The highest BCUT2D eigenvalue weighted by molar-refractivity contribution is 8.14. The standard InChI is InChI=1S/C13H15Cl2FN2S/c1-7(2)3-9-6-19-13(17-9)18-12-10(14)4-8(16)5-11(12)15/h4-5,7,9H,3,6H2,1-2H3,(H,17,18). The van der Waals surface area contributed by atoms with E-state index in [1.165, 1.54) is 12.1 Å². The molecule has 19 heavy (non-hydrogen) atoms. The maximum absolute atomic E-state index is 13.1. The van der Waals surface area contributed by atoms with Gasteiger partial charge in [0.1, 0.15) is 5.82 Å². The molecule has 0 saturated carbocycles. The molecule has 0 fully saturated rings.